The van der Waals surface area contributed by atoms with E-state index in [1.165, 1.54) is 0 Å². The van der Waals surface area contributed by atoms with Crippen molar-refractivity contribution in [3.05, 3.63) is 73.8 Å². The van der Waals surface area contributed by atoms with Crippen molar-refractivity contribution in [2.45, 2.75) is 32.7 Å². The maximum Gasteiger partial charge on any atom is 0.277 e. The van der Waals surface area contributed by atoms with E-state index >= 15 is 0 Å². The third-order valence-electron chi connectivity index (χ3n) is 5.47. The van der Waals surface area contributed by atoms with E-state index in [1.807, 2.05) is 13.0 Å². The summed E-state index contributed by atoms with van der Waals surface area (Å²) in [6, 6.07) is 11.9. The van der Waals surface area contributed by atoms with Crippen LogP contribution < -0.4 is 5.32 Å². The molecule has 2 heterocycles. The van der Waals surface area contributed by atoms with Crippen LogP contribution in [0.5, 0.6) is 0 Å². The summed E-state index contributed by atoms with van der Waals surface area (Å²) in [7, 11) is 0. The molecule has 0 atom stereocenters. The first kappa shape index (κ1) is 23.2. The van der Waals surface area contributed by atoms with E-state index in [4.69, 9.17) is 0 Å². The normalized spacial score (nSPS) is 10.9. The third-order valence-corrected chi connectivity index (χ3v) is 5.47. The van der Waals surface area contributed by atoms with Gasteiger partial charge in [-0.1, -0.05) is 31.9 Å². The number of aromatic nitrogens is 3. The molecule has 0 fully saturated rings. The fourth-order valence-electron chi connectivity index (χ4n) is 3.79. The maximum atomic E-state index is 13.1. The van der Waals surface area contributed by atoms with Crippen LogP contribution in [0.25, 0.3) is 22.2 Å². The number of nitro benzene ring substituents is 2. The van der Waals surface area contributed by atoms with Gasteiger partial charge in [-0.05, 0) is 18.6 Å². The number of hydrogen-bond acceptors (Lipinski definition) is 8. The number of hydrogen-bond donors (Lipinski definition) is 1. The van der Waals surface area contributed by atoms with Crippen molar-refractivity contribution in [3.8, 4) is 6.07 Å². The standard InChI is InChI=1S/C23H19N7O5/c1-2-3-6-9-28-21(17(13-24)20-22(28)26-19-8-5-4-7-18(19)25-20)27-23(31)14-10-15(29(32)33)12-16(11-14)30(34)35/h4-5,7-8,10-12H,2-3,6,9H2,1H3,(H,27,31). The summed E-state index contributed by atoms with van der Waals surface area (Å²) in [6.07, 6.45) is 2.58. The second-order valence-corrected chi connectivity index (χ2v) is 7.79. The molecule has 12 heteroatoms. The molecule has 0 aliphatic carbocycles. The van der Waals surface area contributed by atoms with Crippen LogP contribution in [0, 0.1) is 31.6 Å². The lowest BCUT2D eigenvalue weighted by atomic mass is 10.1. The first-order valence-electron chi connectivity index (χ1n) is 10.8. The van der Waals surface area contributed by atoms with Crippen LogP contribution in [0.3, 0.4) is 0 Å². The van der Waals surface area contributed by atoms with Crippen LogP contribution in [0.15, 0.2) is 42.5 Å². The molecule has 0 radical (unpaired) electrons. The van der Waals surface area contributed by atoms with Gasteiger partial charge in [-0.3, -0.25) is 25.0 Å². The Morgan fingerprint density at radius 1 is 1.06 bits per heavy atom. The number of nitro groups is 2. The Hall–Kier alpha value is -4.92. The van der Waals surface area contributed by atoms with Crippen molar-refractivity contribution in [2.75, 3.05) is 5.32 Å². The molecule has 0 saturated carbocycles. The second kappa shape index (κ2) is 9.52. The zero-order chi connectivity index (χ0) is 25.1. The van der Waals surface area contributed by atoms with E-state index in [-0.39, 0.29) is 16.9 Å². The summed E-state index contributed by atoms with van der Waals surface area (Å²) in [5, 5.41) is 35.0. The van der Waals surface area contributed by atoms with Gasteiger partial charge >= 0.3 is 0 Å². The number of nitrogens with zero attached hydrogens (tertiary/aromatic N) is 6. The number of anilines is 1. The molecule has 176 valence electrons. The number of unbranched alkanes of at least 4 members (excludes halogenated alkanes) is 2. The number of carbonyl (C=O) groups excluding carboxylic acids is 1. The largest absolute Gasteiger partial charge is 0.309 e. The molecular weight excluding hydrogens is 454 g/mol. The monoisotopic (exact) mass is 473 g/mol. The van der Waals surface area contributed by atoms with Gasteiger partial charge in [0.05, 0.1) is 32.5 Å². The van der Waals surface area contributed by atoms with Crippen molar-refractivity contribution < 1.29 is 14.6 Å². The summed E-state index contributed by atoms with van der Waals surface area (Å²) in [5.74, 6) is -0.703. The molecule has 1 amide bonds. The Kier molecular flexibility index (Phi) is 6.32. The fourth-order valence-corrected chi connectivity index (χ4v) is 3.79. The van der Waals surface area contributed by atoms with Gasteiger partial charge in [0.1, 0.15) is 23.0 Å². The molecule has 0 spiro atoms. The molecule has 4 aromatic rings. The van der Waals surface area contributed by atoms with E-state index in [0.29, 0.717) is 28.7 Å². The Morgan fingerprint density at radius 2 is 1.69 bits per heavy atom. The molecule has 2 aromatic carbocycles. The minimum Gasteiger partial charge on any atom is -0.309 e. The molecular formula is C23H19N7O5. The van der Waals surface area contributed by atoms with Crippen LogP contribution in [0.4, 0.5) is 17.2 Å². The average molecular weight is 473 g/mol. The number of aryl methyl sites for hydroxylation is 1. The lowest BCUT2D eigenvalue weighted by Crippen LogP contribution is -2.17. The number of amides is 1. The van der Waals surface area contributed by atoms with Gasteiger partial charge in [0.15, 0.2) is 5.65 Å². The number of non-ortho nitro benzene ring substituents is 2. The summed E-state index contributed by atoms with van der Waals surface area (Å²) in [4.78, 5) is 43.2. The first-order valence-corrected chi connectivity index (χ1v) is 10.8. The molecule has 2 aromatic heterocycles. The number of carbonyl (C=O) groups is 1. The molecule has 0 aliphatic heterocycles. The molecule has 0 aliphatic rings. The predicted octanol–water partition coefficient (Wildman–Crippen LogP) is 4.72. The summed E-state index contributed by atoms with van der Waals surface area (Å²) < 4.78 is 1.69. The van der Waals surface area contributed by atoms with Crippen LogP contribution >= 0.6 is 0 Å². The molecule has 35 heavy (non-hydrogen) atoms. The van der Waals surface area contributed by atoms with Gasteiger partial charge in [0.25, 0.3) is 17.3 Å². The molecule has 0 bridgehead atoms. The minimum atomic E-state index is -0.836. The Morgan fingerprint density at radius 3 is 2.26 bits per heavy atom. The van der Waals surface area contributed by atoms with Crippen molar-refractivity contribution in [1.29, 1.82) is 5.26 Å². The van der Waals surface area contributed by atoms with Crippen LogP contribution in [0.2, 0.25) is 0 Å². The van der Waals surface area contributed by atoms with Crippen LogP contribution in [-0.4, -0.2) is 30.3 Å². The molecule has 0 unspecified atom stereocenters. The minimum absolute atomic E-state index is 0.0861. The summed E-state index contributed by atoms with van der Waals surface area (Å²) >= 11 is 0. The zero-order valence-corrected chi connectivity index (χ0v) is 18.6. The Bertz CT molecular complexity index is 1500. The van der Waals surface area contributed by atoms with Crippen molar-refractivity contribution in [3.63, 3.8) is 0 Å². The SMILES string of the molecule is CCCCCn1c(NC(=O)c2cc([N+](=O)[O-])cc([N+](=O)[O-])c2)c(C#N)c2nc3ccccc3nc21. The fraction of sp³-hybridized carbons (Fsp3) is 0.217. The topological polar surface area (TPSA) is 170 Å². The number of rotatable bonds is 8. The summed E-state index contributed by atoms with van der Waals surface area (Å²) in [5.41, 5.74) is 0.528. The van der Waals surface area contributed by atoms with Crippen molar-refractivity contribution in [1.82, 2.24) is 14.5 Å². The highest BCUT2D eigenvalue weighted by Crippen LogP contribution is 2.31. The van der Waals surface area contributed by atoms with Crippen molar-refractivity contribution >= 4 is 45.3 Å². The highest BCUT2D eigenvalue weighted by Gasteiger charge is 2.25. The number of fused-ring (bicyclic) bond motifs is 2. The van der Waals surface area contributed by atoms with Gasteiger partial charge in [-0.25, -0.2) is 9.97 Å². The first-order chi connectivity index (χ1) is 16.8. The Labute approximate surface area is 198 Å². The van der Waals surface area contributed by atoms with Crippen LogP contribution in [-0.2, 0) is 6.54 Å². The van der Waals surface area contributed by atoms with Crippen LogP contribution in [0.1, 0.15) is 42.1 Å². The van der Waals surface area contributed by atoms with E-state index in [2.05, 4.69) is 21.4 Å². The highest BCUT2D eigenvalue weighted by molar-refractivity contribution is 6.07. The summed E-state index contributed by atoms with van der Waals surface area (Å²) in [6.45, 7) is 2.48. The average Bonchev–Trinajstić information content (AvgIpc) is 3.13. The van der Waals surface area contributed by atoms with E-state index in [0.717, 1.165) is 37.5 Å². The lowest BCUT2D eigenvalue weighted by molar-refractivity contribution is -0.394. The van der Waals surface area contributed by atoms with Crippen molar-refractivity contribution in [2.24, 2.45) is 0 Å². The second-order valence-electron chi connectivity index (χ2n) is 7.79. The lowest BCUT2D eigenvalue weighted by Gasteiger charge is -2.11. The van der Waals surface area contributed by atoms with Gasteiger partial charge in [0.2, 0.25) is 0 Å². The highest BCUT2D eigenvalue weighted by atomic mass is 16.6. The molecule has 4 rings (SSSR count). The molecule has 12 nitrogen and oxygen atoms in total. The van der Waals surface area contributed by atoms with E-state index < -0.39 is 27.1 Å². The number of nitriles is 1. The zero-order valence-electron chi connectivity index (χ0n) is 18.6. The third kappa shape index (κ3) is 4.47. The van der Waals surface area contributed by atoms with Gasteiger partial charge in [-0.2, -0.15) is 5.26 Å². The van der Waals surface area contributed by atoms with E-state index in [9.17, 15) is 30.3 Å². The van der Waals surface area contributed by atoms with Gasteiger partial charge in [-0.15, -0.1) is 0 Å². The molecule has 1 N–H and O–H groups in total. The maximum absolute atomic E-state index is 13.1. The number of benzene rings is 2. The quantitative estimate of drug-likeness (QED) is 0.218. The van der Waals surface area contributed by atoms with Gasteiger partial charge in [0, 0.05) is 18.7 Å². The smallest absolute Gasteiger partial charge is 0.277 e. The van der Waals surface area contributed by atoms with E-state index in [1.54, 1.807) is 22.8 Å². The molecule has 0 saturated heterocycles. The van der Waals surface area contributed by atoms with Gasteiger partial charge < -0.3 is 9.88 Å². The number of nitrogens with one attached hydrogen (secondary N) is 1. The predicted molar refractivity (Wildman–Crippen MR) is 127 cm³/mol. The number of para-hydroxylation sites is 2. The Balaban J connectivity index is 1.86.